The molecule has 0 aliphatic heterocycles. The molecule has 2 aromatic heterocycles. The molecular formula is C12H15N3O2. The largest absolute Gasteiger partial charge is 0.481 e. The highest BCUT2D eigenvalue weighted by Crippen LogP contribution is 2.22. The highest BCUT2D eigenvalue weighted by Gasteiger charge is 2.22. The fraction of sp³-hybridized carbons (Fsp3) is 0.417. The number of carboxylic acids is 1. The van der Waals surface area contributed by atoms with Crippen LogP contribution in [0.3, 0.4) is 0 Å². The third kappa shape index (κ3) is 2.43. The van der Waals surface area contributed by atoms with Gasteiger partial charge in [0.25, 0.3) is 0 Å². The predicted octanol–water partition coefficient (Wildman–Crippen LogP) is 1.94. The Morgan fingerprint density at radius 2 is 2.24 bits per heavy atom. The zero-order chi connectivity index (χ0) is 12.4. The summed E-state index contributed by atoms with van der Waals surface area (Å²) in [4.78, 5) is 15.6. The maximum absolute atomic E-state index is 11.2. The molecule has 2 aromatic rings. The van der Waals surface area contributed by atoms with E-state index in [1.807, 2.05) is 13.8 Å². The number of carboxylic acid groups (broad SMARTS) is 1. The highest BCUT2D eigenvalue weighted by molar-refractivity contribution is 5.75. The monoisotopic (exact) mass is 233 g/mol. The summed E-state index contributed by atoms with van der Waals surface area (Å²) in [6.07, 6.45) is 3.98. The minimum absolute atomic E-state index is 0.319. The molecule has 0 saturated carbocycles. The van der Waals surface area contributed by atoms with Crippen molar-refractivity contribution in [3.8, 4) is 0 Å². The summed E-state index contributed by atoms with van der Waals surface area (Å²) in [5, 5.41) is 13.3. The Balaban J connectivity index is 2.37. The lowest BCUT2D eigenvalue weighted by Crippen LogP contribution is -2.15. The third-order valence-corrected chi connectivity index (χ3v) is 2.64. The zero-order valence-corrected chi connectivity index (χ0v) is 9.87. The zero-order valence-electron chi connectivity index (χ0n) is 9.87. The molecule has 0 saturated heterocycles. The second-order valence-electron chi connectivity index (χ2n) is 4.51. The fourth-order valence-corrected chi connectivity index (χ4v) is 1.84. The van der Waals surface area contributed by atoms with Gasteiger partial charge in [0.2, 0.25) is 0 Å². The van der Waals surface area contributed by atoms with Gasteiger partial charge >= 0.3 is 5.97 Å². The molecule has 0 spiro atoms. The van der Waals surface area contributed by atoms with Crippen molar-refractivity contribution in [2.45, 2.75) is 26.2 Å². The molecule has 0 bridgehead atoms. The van der Waals surface area contributed by atoms with Crippen LogP contribution in [0.5, 0.6) is 0 Å². The molecule has 90 valence electrons. The second-order valence-corrected chi connectivity index (χ2v) is 4.51. The quantitative estimate of drug-likeness (QED) is 0.876. The van der Waals surface area contributed by atoms with Gasteiger partial charge in [-0.15, -0.1) is 0 Å². The molecule has 0 amide bonds. The average Bonchev–Trinajstić information content (AvgIpc) is 2.72. The maximum atomic E-state index is 11.2. The van der Waals surface area contributed by atoms with Crippen molar-refractivity contribution in [1.82, 2.24) is 14.6 Å². The van der Waals surface area contributed by atoms with Gasteiger partial charge in [0.05, 0.1) is 17.8 Å². The molecule has 1 atom stereocenters. The van der Waals surface area contributed by atoms with Crippen LogP contribution in [0.4, 0.5) is 0 Å². The van der Waals surface area contributed by atoms with Crippen molar-refractivity contribution < 1.29 is 9.90 Å². The van der Waals surface area contributed by atoms with Crippen molar-refractivity contribution in [3.05, 3.63) is 30.2 Å². The predicted molar refractivity (Wildman–Crippen MR) is 62.8 cm³/mol. The van der Waals surface area contributed by atoms with Gasteiger partial charge in [-0.05, 0) is 18.4 Å². The van der Waals surface area contributed by atoms with Gasteiger partial charge in [0.15, 0.2) is 5.65 Å². The van der Waals surface area contributed by atoms with E-state index in [2.05, 4.69) is 10.1 Å². The summed E-state index contributed by atoms with van der Waals surface area (Å²) < 4.78 is 1.62. The van der Waals surface area contributed by atoms with E-state index in [1.54, 1.807) is 29.0 Å². The second kappa shape index (κ2) is 4.53. The SMILES string of the molecule is CC(C)CC(C(=O)O)c1ccn2nccc2n1. The molecule has 17 heavy (non-hydrogen) atoms. The molecule has 5 heteroatoms. The molecular weight excluding hydrogens is 218 g/mol. The molecule has 0 aliphatic rings. The van der Waals surface area contributed by atoms with Crippen LogP contribution in [0, 0.1) is 5.92 Å². The minimum Gasteiger partial charge on any atom is -0.481 e. The van der Waals surface area contributed by atoms with E-state index in [0.717, 1.165) is 0 Å². The molecule has 0 radical (unpaired) electrons. The summed E-state index contributed by atoms with van der Waals surface area (Å²) in [5.41, 5.74) is 1.27. The first-order valence-corrected chi connectivity index (χ1v) is 5.61. The smallest absolute Gasteiger partial charge is 0.312 e. The topological polar surface area (TPSA) is 67.5 Å². The number of hydrogen-bond acceptors (Lipinski definition) is 3. The van der Waals surface area contributed by atoms with E-state index in [-0.39, 0.29) is 0 Å². The van der Waals surface area contributed by atoms with E-state index in [9.17, 15) is 9.90 Å². The first kappa shape index (κ1) is 11.6. The van der Waals surface area contributed by atoms with E-state index < -0.39 is 11.9 Å². The Bertz CT molecular complexity index is 533. The van der Waals surface area contributed by atoms with Crippen LogP contribution in [0.25, 0.3) is 5.65 Å². The summed E-state index contributed by atoms with van der Waals surface area (Å²) in [6.45, 7) is 4.01. The summed E-state index contributed by atoms with van der Waals surface area (Å²) >= 11 is 0. The number of hydrogen-bond donors (Lipinski definition) is 1. The van der Waals surface area contributed by atoms with Gasteiger partial charge in [0.1, 0.15) is 0 Å². The highest BCUT2D eigenvalue weighted by atomic mass is 16.4. The average molecular weight is 233 g/mol. The lowest BCUT2D eigenvalue weighted by molar-refractivity contribution is -0.139. The molecule has 0 fully saturated rings. The molecule has 0 aliphatic carbocycles. The van der Waals surface area contributed by atoms with E-state index in [1.165, 1.54) is 0 Å². The van der Waals surface area contributed by atoms with Crippen LogP contribution in [0.15, 0.2) is 24.5 Å². The van der Waals surface area contributed by atoms with Crippen LogP contribution in [0.1, 0.15) is 31.9 Å². The van der Waals surface area contributed by atoms with E-state index in [0.29, 0.717) is 23.7 Å². The van der Waals surface area contributed by atoms with E-state index >= 15 is 0 Å². The molecule has 5 nitrogen and oxygen atoms in total. The number of aliphatic carboxylic acids is 1. The fourth-order valence-electron chi connectivity index (χ4n) is 1.84. The standard InChI is InChI=1S/C12H15N3O2/c1-8(2)7-9(12(16)17)10-4-6-15-11(14-10)3-5-13-15/h3-6,8-9H,7H2,1-2H3,(H,16,17). The maximum Gasteiger partial charge on any atom is 0.312 e. The van der Waals surface area contributed by atoms with E-state index in [4.69, 9.17) is 0 Å². The Morgan fingerprint density at radius 1 is 1.47 bits per heavy atom. The first-order valence-electron chi connectivity index (χ1n) is 5.61. The Morgan fingerprint density at radius 3 is 2.88 bits per heavy atom. The lowest BCUT2D eigenvalue weighted by atomic mass is 9.94. The van der Waals surface area contributed by atoms with Crippen molar-refractivity contribution >= 4 is 11.6 Å². The van der Waals surface area contributed by atoms with Crippen LogP contribution in [-0.4, -0.2) is 25.7 Å². The Labute approximate surface area is 99.1 Å². The van der Waals surface area contributed by atoms with Gasteiger partial charge in [0, 0.05) is 12.3 Å². The number of nitrogens with zero attached hydrogens (tertiary/aromatic N) is 3. The molecule has 1 unspecified atom stereocenters. The van der Waals surface area contributed by atoms with Gasteiger partial charge in [-0.2, -0.15) is 5.10 Å². The van der Waals surface area contributed by atoms with Crippen molar-refractivity contribution in [2.24, 2.45) is 5.92 Å². The molecule has 2 heterocycles. The number of fused-ring (bicyclic) bond motifs is 1. The minimum atomic E-state index is -0.824. The van der Waals surface area contributed by atoms with Crippen molar-refractivity contribution in [2.75, 3.05) is 0 Å². The normalized spacial score (nSPS) is 13.1. The Hall–Kier alpha value is -1.91. The molecule has 0 aromatic carbocycles. The number of aromatic nitrogens is 3. The Kier molecular flexibility index (Phi) is 3.08. The van der Waals surface area contributed by atoms with Crippen LogP contribution in [-0.2, 0) is 4.79 Å². The molecule has 2 rings (SSSR count). The number of rotatable bonds is 4. The lowest BCUT2D eigenvalue weighted by Gasteiger charge is -2.14. The van der Waals surface area contributed by atoms with Crippen molar-refractivity contribution in [1.29, 1.82) is 0 Å². The summed E-state index contributed by atoms with van der Waals surface area (Å²) in [7, 11) is 0. The third-order valence-electron chi connectivity index (χ3n) is 2.64. The summed E-state index contributed by atoms with van der Waals surface area (Å²) in [6, 6.07) is 3.49. The van der Waals surface area contributed by atoms with Crippen LogP contribution in [0.2, 0.25) is 0 Å². The number of carbonyl (C=O) groups is 1. The van der Waals surface area contributed by atoms with Gasteiger partial charge in [-0.3, -0.25) is 4.79 Å². The van der Waals surface area contributed by atoms with Crippen LogP contribution < -0.4 is 0 Å². The van der Waals surface area contributed by atoms with Crippen LogP contribution >= 0.6 is 0 Å². The van der Waals surface area contributed by atoms with Gasteiger partial charge < -0.3 is 5.11 Å². The first-order chi connectivity index (χ1) is 8.08. The van der Waals surface area contributed by atoms with Gasteiger partial charge in [-0.25, -0.2) is 9.50 Å². The molecule has 1 N–H and O–H groups in total. The van der Waals surface area contributed by atoms with Gasteiger partial charge in [-0.1, -0.05) is 13.8 Å². The summed E-state index contributed by atoms with van der Waals surface area (Å²) in [5.74, 6) is -1.05. The van der Waals surface area contributed by atoms with Crippen molar-refractivity contribution in [3.63, 3.8) is 0 Å².